The van der Waals surface area contributed by atoms with Gasteiger partial charge in [-0.15, -0.1) is 0 Å². The Bertz CT molecular complexity index is 1180. The van der Waals surface area contributed by atoms with Crippen LogP contribution in [0.2, 0.25) is 10.0 Å². The molecule has 192 valence electrons. The van der Waals surface area contributed by atoms with Crippen molar-refractivity contribution in [2.75, 3.05) is 24.2 Å². The lowest BCUT2D eigenvalue weighted by Crippen LogP contribution is -2.54. The first-order chi connectivity index (χ1) is 16.1. The second-order valence-corrected chi connectivity index (χ2v) is 11.9. The number of sulfonamides is 1. The standard InChI is InChI=1S/C24H31Cl2N3O5S/c1-16(23(31)27-24(2,3)4)28(14-17-9-7-8-10-19(17)26)22(30)15-29(35(6,32)33)20-13-18(25)11-12-21(20)34-5/h7-13,16H,14-15H2,1-6H3,(H,27,31)/t16-/m0/s1. The maximum atomic E-state index is 13.6. The predicted molar refractivity (Wildman–Crippen MR) is 140 cm³/mol. The Kier molecular flexibility index (Phi) is 9.44. The van der Waals surface area contributed by atoms with Gasteiger partial charge in [0.25, 0.3) is 0 Å². The molecule has 0 unspecified atom stereocenters. The Labute approximate surface area is 217 Å². The van der Waals surface area contributed by atoms with Crippen LogP contribution in [-0.4, -0.2) is 56.6 Å². The van der Waals surface area contributed by atoms with E-state index in [-0.39, 0.29) is 28.9 Å². The topological polar surface area (TPSA) is 96.0 Å². The molecule has 0 bridgehead atoms. The zero-order valence-corrected chi connectivity index (χ0v) is 23.0. The van der Waals surface area contributed by atoms with Crippen molar-refractivity contribution < 1.29 is 22.7 Å². The monoisotopic (exact) mass is 543 g/mol. The first-order valence-corrected chi connectivity index (χ1v) is 13.4. The minimum atomic E-state index is -3.93. The van der Waals surface area contributed by atoms with E-state index >= 15 is 0 Å². The lowest BCUT2D eigenvalue weighted by atomic mass is 10.1. The first-order valence-electron chi connectivity index (χ1n) is 10.8. The summed E-state index contributed by atoms with van der Waals surface area (Å²) in [4.78, 5) is 27.9. The van der Waals surface area contributed by atoms with Crippen molar-refractivity contribution >= 4 is 50.7 Å². The fourth-order valence-corrected chi connectivity index (χ4v) is 4.53. The molecule has 35 heavy (non-hydrogen) atoms. The molecule has 0 fully saturated rings. The van der Waals surface area contributed by atoms with E-state index in [2.05, 4.69) is 5.32 Å². The van der Waals surface area contributed by atoms with Crippen LogP contribution in [0, 0.1) is 0 Å². The van der Waals surface area contributed by atoms with Crippen LogP contribution in [0.5, 0.6) is 5.75 Å². The average Bonchev–Trinajstić information content (AvgIpc) is 2.74. The summed E-state index contributed by atoms with van der Waals surface area (Å²) in [7, 11) is -2.54. The minimum Gasteiger partial charge on any atom is -0.495 e. The van der Waals surface area contributed by atoms with Gasteiger partial charge in [0.1, 0.15) is 18.3 Å². The molecule has 2 amide bonds. The molecule has 0 saturated heterocycles. The summed E-state index contributed by atoms with van der Waals surface area (Å²) in [6.07, 6.45) is 0.981. The summed E-state index contributed by atoms with van der Waals surface area (Å²) in [6, 6.07) is 10.5. The number of halogens is 2. The SMILES string of the molecule is COc1ccc(Cl)cc1N(CC(=O)N(Cc1ccccc1Cl)[C@@H](C)C(=O)NC(C)(C)C)S(C)(=O)=O. The van der Waals surface area contributed by atoms with Crippen molar-refractivity contribution in [3.63, 3.8) is 0 Å². The van der Waals surface area contributed by atoms with Crippen LogP contribution in [-0.2, 0) is 26.2 Å². The van der Waals surface area contributed by atoms with E-state index in [1.165, 1.54) is 24.1 Å². The molecule has 2 rings (SSSR count). The largest absolute Gasteiger partial charge is 0.495 e. The smallest absolute Gasteiger partial charge is 0.244 e. The number of hydrogen-bond donors (Lipinski definition) is 1. The van der Waals surface area contributed by atoms with Gasteiger partial charge in [-0.25, -0.2) is 8.42 Å². The van der Waals surface area contributed by atoms with Gasteiger partial charge in [0.2, 0.25) is 21.8 Å². The molecule has 1 atom stereocenters. The number of methoxy groups -OCH3 is 1. The zero-order valence-electron chi connectivity index (χ0n) is 20.6. The Morgan fingerprint density at radius 1 is 1.11 bits per heavy atom. The summed E-state index contributed by atoms with van der Waals surface area (Å²) < 4.78 is 31.7. The number of carbonyl (C=O) groups is 2. The Hall–Kier alpha value is -2.49. The minimum absolute atomic E-state index is 0.00151. The molecule has 0 saturated carbocycles. The normalized spacial score (nSPS) is 12.6. The second kappa shape index (κ2) is 11.5. The third-order valence-electron chi connectivity index (χ3n) is 5.05. The van der Waals surface area contributed by atoms with Crippen LogP contribution < -0.4 is 14.4 Å². The van der Waals surface area contributed by atoms with Gasteiger partial charge in [-0.2, -0.15) is 0 Å². The third-order valence-corrected chi connectivity index (χ3v) is 6.78. The molecular formula is C24H31Cl2N3O5S. The van der Waals surface area contributed by atoms with Crippen molar-refractivity contribution in [1.29, 1.82) is 0 Å². The van der Waals surface area contributed by atoms with Gasteiger partial charge < -0.3 is 15.0 Å². The van der Waals surface area contributed by atoms with Gasteiger partial charge in [0, 0.05) is 22.1 Å². The van der Waals surface area contributed by atoms with Gasteiger partial charge in [0.05, 0.1) is 19.1 Å². The van der Waals surface area contributed by atoms with Crippen molar-refractivity contribution in [2.24, 2.45) is 0 Å². The summed E-state index contributed by atoms with van der Waals surface area (Å²) in [5.41, 5.74) is 0.196. The van der Waals surface area contributed by atoms with Crippen molar-refractivity contribution in [3.8, 4) is 5.75 Å². The van der Waals surface area contributed by atoms with Crippen LogP contribution in [0.4, 0.5) is 5.69 Å². The number of rotatable bonds is 9. The van der Waals surface area contributed by atoms with Crippen molar-refractivity contribution in [1.82, 2.24) is 10.2 Å². The quantitative estimate of drug-likeness (QED) is 0.513. The summed E-state index contributed by atoms with van der Waals surface area (Å²) in [5, 5.41) is 3.55. The van der Waals surface area contributed by atoms with E-state index in [1.807, 2.05) is 20.8 Å². The lowest BCUT2D eigenvalue weighted by Gasteiger charge is -2.33. The van der Waals surface area contributed by atoms with Crippen LogP contribution in [0.25, 0.3) is 0 Å². The van der Waals surface area contributed by atoms with Crippen LogP contribution in [0.15, 0.2) is 42.5 Å². The molecule has 0 radical (unpaired) electrons. The van der Waals surface area contributed by atoms with Crippen LogP contribution in [0.3, 0.4) is 0 Å². The van der Waals surface area contributed by atoms with Crippen LogP contribution in [0.1, 0.15) is 33.3 Å². The Balaban J connectivity index is 2.49. The molecule has 2 aromatic rings. The first kappa shape index (κ1) is 28.7. The molecule has 11 heteroatoms. The number of amides is 2. The number of hydrogen-bond acceptors (Lipinski definition) is 5. The van der Waals surface area contributed by atoms with E-state index in [4.69, 9.17) is 27.9 Å². The average molecular weight is 545 g/mol. The molecule has 0 aromatic heterocycles. The number of carbonyl (C=O) groups excluding carboxylic acids is 2. The Morgan fingerprint density at radius 2 is 1.74 bits per heavy atom. The highest BCUT2D eigenvalue weighted by atomic mass is 35.5. The van der Waals surface area contributed by atoms with E-state index in [1.54, 1.807) is 37.3 Å². The highest BCUT2D eigenvalue weighted by Gasteiger charge is 2.32. The molecule has 0 heterocycles. The van der Waals surface area contributed by atoms with Crippen molar-refractivity contribution in [2.45, 2.75) is 45.8 Å². The second-order valence-electron chi connectivity index (χ2n) is 9.11. The zero-order chi connectivity index (χ0) is 26.6. The van der Waals surface area contributed by atoms with E-state index in [0.717, 1.165) is 10.6 Å². The summed E-state index contributed by atoms with van der Waals surface area (Å²) in [6.45, 7) is 6.49. The number of anilines is 1. The molecular weight excluding hydrogens is 513 g/mol. The number of benzene rings is 2. The number of nitrogens with one attached hydrogen (secondary N) is 1. The molecule has 2 aromatic carbocycles. The molecule has 8 nitrogen and oxygen atoms in total. The van der Waals surface area contributed by atoms with E-state index < -0.39 is 34.1 Å². The van der Waals surface area contributed by atoms with Gasteiger partial charge in [-0.05, 0) is 57.5 Å². The molecule has 1 N–H and O–H groups in total. The maximum absolute atomic E-state index is 13.6. The van der Waals surface area contributed by atoms with E-state index in [0.29, 0.717) is 10.6 Å². The summed E-state index contributed by atoms with van der Waals surface area (Å²) >= 11 is 12.4. The number of ether oxygens (including phenoxy) is 1. The van der Waals surface area contributed by atoms with Gasteiger partial charge >= 0.3 is 0 Å². The van der Waals surface area contributed by atoms with Gasteiger partial charge in [0.15, 0.2) is 0 Å². The highest BCUT2D eigenvalue weighted by molar-refractivity contribution is 7.92. The Morgan fingerprint density at radius 3 is 2.29 bits per heavy atom. The highest BCUT2D eigenvalue weighted by Crippen LogP contribution is 2.33. The summed E-state index contributed by atoms with van der Waals surface area (Å²) in [5.74, 6) is -0.762. The fourth-order valence-electron chi connectivity index (χ4n) is 3.32. The van der Waals surface area contributed by atoms with Gasteiger partial charge in [-0.3, -0.25) is 13.9 Å². The lowest BCUT2D eigenvalue weighted by molar-refractivity contribution is -0.140. The number of nitrogens with zero attached hydrogens (tertiary/aromatic N) is 2. The van der Waals surface area contributed by atoms with Gasteiger partial charge in [-0.1, -0.05) is 41.4 Å². The third kappa shape index (κ3) is 8.02. The van der Waals surface area contributed by atoms with E-state index in [9.17, 15) is 18.0 Å². The fraction of sp³-hybridized carbons (Fsp3) is 0.417. The maximum Gasteiger partial charge on any atom is 0.244 e. The molecule has 0 aliphatic carbocycles. The molecule has 0 spiro atoms. The van der Waals surface area contributed by atoms with Crippen molar-refractivity contribution in [3.05, 3.63) is 58.1 Å². The molecule has 0 aliphatic rings. The predicted octanol–water partition coefficient (Wildman–Crippen LogP) is 4.10. The van der Waals surface area contributed by atoms with Crippen LogP contribution >= 0.6 is 23.2 Å². The molecule has 0 aliphatic heterocycles.